The maximum absolute atomic E-state index is 9.10. The Kier molecular flexibility index (Phi) is 2.57. The van der Waals surface area contributed by atoms with Gasteiger partial charge in [0.25, 0.3) is 0 Å². The Hall–Kier alpha value is -0.930. The Labute approximate surface area is 65.3 Å². The normalized spacial score (nSPS) is 13.0. The predicted molar refractivity (Wildman–Crippen MR) is 40.8 cm³/mol. The second-order valence-electron chi connectivity index (χ2n) is 2.39. The molecule has 1 rings (SSSR count). The molecular formula is C8H11NO2. The second-order valence-corrected chi connectivity index (χ2v) is 2.39. The van der Waals surface area contributed by atoms with Gasteiger partial charge in [-0.3, -0.25) is 4.98 Å². The zero-order chi connectivity index (χ0) is 8.27. The number of nitrogens with zero attached hydrogens (tertiary/aromatic N) is 1. The quantitative estimate of drug-likeness (QED) is 0.655. The van der Waals surface area contributed by atoms with Gasteiger partial charge in [0.1, 0.15) is 0 Å². The van der Waals surface area contributed by atoms with Gasteiger partial charge in [0.2, 0.25) is 0 Å². The molecular weight excluding hydrogens is 142 g/mol. The number of aromatic nitrogens is 1. The lowest BCUT2D eigenvalue weighted by molar-refractivity contribution is 0.193. The summed E-state index contributed by atoms with van der Waals surface area (Å²) in [5.41, 5.74) is 1.18. The van der Waals surface area contributed by atoms with Crippen LogP contribution in [-0.4, -0.2) is 15.2 Å². The molecule has 0 aliphatic heterocycles. The highest BCUT2D eigenvalue weighted by Gasteiger charge is 2.01. The van der Waals surface area contributed by atoms with Crippen LogP contribution in [0.1, 0.15) is 24.4 Å². The minimum Gasteiger partial charge on any atom is -0.390 e. The van der Waals surface area contributed by atoms with E-state index < -0.39 is 6.10 Å². The fourth-order valence-electron chi connectivity index (χ4n) is 0.819. The zero-order valence-electron chi connectivity index (χ0n) is 6.36. The van der Waals surface area contributed by atoms with Crippen LogP contribution in [0.5, 0.6) is 0 Å². The van der Waals surface area contributed by atoms with Crippen LogP contribution in [0.2, 0.25) is 0 Å². The van der Waals surface area contributed by atoms with Crippen LogP contribution in [0.15, 0.2) is 18.2 Å². The third-order valence-electron chi connectivity index (χ3n) is 1.42. The maximum Gasteiger partial charge on any atom is 0.0931 e. The smallest absolute Gasteiger partial charge is 0.0931 e. The lowest BCUT2D eigenvalue weighted by Crippen LogP contribution is -1.98. The van der Waals surface area contributed by atoms with E-state index in [-0.39, 0.29) is 6.61 Å². The number of aliphatic hydroxyl groups is 2. The number of hydrogen-bond donors (Lipinski definition) is 2. The van der Waals surface area contributed by atoms with Gasteiger partial charge in [-0.15, -0.1) is 0 Å². The van der Waals surface area contributed by atoms with Crippen molar-refractivity contribution in [3.8, 4) is 0 Å². The number of hydrogen-bond acceptors (Lipinski definition) is 3. The highest BCUT2D eigenvalue weighted by atomic mass is 16.3. The summed E-state index contributed by atoms with van der Waals surface area (Å²) in [6.07, 6.45) is -0.568. The molecule has 0 radical (unpaired) electrons. The number of pyridine rings is 1. The zero-order valence-corrected chi connectivity index (χ0v) is 6.36. The molecule has 1 aromatic heterocycles. The largest absolute Gasteiger partial charge is 0.390 e. The Morgan fingerprint density at radius 1 is 1.55 bits per heavy atom. The van der Waals surface area contributed by atoms with Crippen molar-refractivity contribution < 1.29 is 10.2 Å². The Morgan fingerprint density at radius 2 is 2.27 bits per heavy atom. The average molecular weight is 153 g/mol. The van der Waals surface area contributed by atoms with Gasteiger partial charge in [-0.05, 0) is 19.1 Å². The molecule has 0 bridgehead atoms. The molecule has 3 heteroatoms. The van der Waals surface area contributed by atoms with E-state index in [9.17, 15) is 0 Å². The van der Waals surface area contributed by atoms with Gasteiger partial charge in [-0.25, -0.2) is 0 Å². The Morgan fingerprint density at radius 3 is 2.82 bits per heavy atom. The average Bonchev–Trinajstić information content (AvgIpc) is 2.05. The molecule has 0 aliphatic rings. The molecule has 0 aromatic carbocycles. The topological polar surface area (TPSA) is 53.4 Å². The van der Waals surface area contributed by atoms with E-state index in [4.69, 9.17) is 10.2 Å². The first kappa shape index (κ1) is 8.17. The van der Waals surface area contributed by atoms with Gasteiger partial charge in [0, 0.05) is 0 Å². The molecule has 1 aromatic rings. The molecule has 1 unspecified atom stereocenters. The molecule has 0 fully saturated rings. The van der Waals surface area contributed by atoms with Crippen molar-refractivity contribution in [3.05, 3.63) is 29.6 Å². The summed E-state index contributed by atoms with van der Waals surface area (Å²) in [5.74, 6) is 0. The van der Waals surface area contributed by atoms with Crippen molar-refractivity contribution in [1.82, 2.24) is 4.98 Å². The summed E-state index contributed by atoms with van der Waals surface area (Å²) in [7, 11) is 0. The Bertz CT molecular complexity index is 235. The van der Waals surface area contributed by atoms with Gasteiger partial charge in [-0.1, -0.05) is 6.07 Å². The van der Waals surface area contributed by atoms with Crippen LogP contribution in [-0.2, 0) is 6.61 Å². The van der Waals surface area contributed by atoms with Crippen molar-refractivity contribution in [2.45, 2.75) is 19.6 Å². The molecule has 0 saturated heterocycles. The molecule has 0 spiro atoms. The van der Waals surface area contributed by atoms with Crippen molar-refractivity contribution >= 4 is 0 Å². The molecule has 11 heavy (non-hydrogen) atoms. The summed E-state index contributed by atoms with van der Waals surface area (Å²) < 4.78 is 0. The van der Waals surface area contributed by atoms with Gasteiger partial charge in [0.15, 0.2) is 0 Å². The van der Waals surface area contributed by atoms with E-state index in [2.05, 4.69) is 4.98 Å². The first-order valence-electron chi connectivity index (χ1n) is 3.49. The number of rotatable bonds is 2. The first-order valence-corrected chi connectivity index (χ1v) is 3.49. The van der Waals surface area contributed by atoms with E-state index in [1.807, 2.05) is 0 Å². The fraction of sp³-hybridized carbons (Fsp3) is 0.375. The monoisotopic (exact) mass is 153 g/mol. The van der Waals surface area contributed by atoms with Crippen LogP contribution in [0, 0.1) is 0 Å². The third kappa shape index (κ3) is 2.00. The highest BCUT2D eigenvalue weighted by molar-refractivity contribution is 5.11. The minimum atomic E-state index is -0.568. The lowest BCUT2D eigenvalue weighted by atomic mass is 10.2. The van der Waals surface area contributed by atoms with E-state index in [1.54, 1.807) is 25.1 Å². The summed E-state index contributed by atoms with van der Waals surface area (Å²) in [5, 5.41) is 17.8. The van der Waals surface area contributed by atoms with Crippen molar-refractivity contribution in [1.29, 1.82) is 0 Å². The first-order chi connectivity index (χ1) is 5.24. The predicted octanol–water partition coefficient (Wildman–Crippen LogP) is 0.627. The third-order valence-corrected chi connectivity index (χ3v) is 1.42. The molecule has 0 saturated carbocycles. The van der Waals surface area contributed by atoms with E-state index in [1.165, 1.54) is 0 Å². The molecule has 1 atom stereocenters. The molecule has 1 heterocycles. The van der Waals surface area contributed by atoms with E-state index >= 15 is 0 Å². The maximum atomic E-state index is 9.10. The summed E-state index contributed by atoms with van der Waals surface area (Å²) >= 11 is 0. The van der Waals surface area contributed by atoms with Gasteiger partial charge in [-0.2, -0.15) is 0 Å². The van der Waals surface area contributed by atoms with Gasteiger partial charge >= 0.3 is 0 Å². The van der Waals surface area contributed by atoms with Crippen LogP contribution in [0.3, 0.4) is 0 Å². The lowest BCUT2D eigenvalue weighted by Gasteiger charge is -2.03. The number of aliphatic hydroxyl groups excluding tert-OH is 2. The van der Waals surface area contributed by atoms with Crippen LogP contribution in [0.4, 0.5) is 0 Å². The van der Waals surface area contributed by atoms with Crippen molar-refractivity contribution in [2.75, 3.05) is 0 Å². The SMILES string of the molecule is CC(O)c1cccc(CO)n1. The van der Waals surface area contributed by atoms with Crippen molar-refractivity contribution in [3.63, 3.8) is 0 Å². The standard InChI is InChI=1S/C8H11NO2/c1-6(11)8-4-2-3-7(5-10)9-8/h2-4,6,10-11H,5H2,1H3. The Balaban J connectivity index is 2.91. The second kappa shape index (κ2) is 3.46. The van der Waals surface area contributed by atoms with E-state index in [0.29, 0.717) is 11.4 Å². The van der Waals surface area contributed by atoms with Crippen molar-refractivity contribution in [2.24, 2.45) is 0 Å². The van der Waals surface area contributed by atoms with Gasteiger partial charge < -0.3 is 10.2 Å². The highest BCUT2D eigenvalue weighted by Crippen LogP contribution is 2.08. The fourth-order valence-corrected chi connectivity index (χ4v) is 0.819. The van der Waals surface area contributed by atoms with Gasteiger partial charge in [0.05, 0.1) is 24.1 Å². The van der Waals surface area contributed by atoms with Crippen LogP contribution in [0.25, 0.3) is 0 Å². The minimum absolute atomic E-state index is 0.0828. The summed E-state index contributed by atoms with van der Waals surface area (Å²) in [6, 6.07) is 5.20. The molecule has 0 amide bonds. The van der Waals surface area contributed by atoms with Crippen LogP contribution < -0.4 is 0 Å². The molecule has 3 nitrogen and oxygen atoms in total. The summed E-state index contributed by atoms with van der Waals surface area (Å²) in [6.45, 7) is 1.56. The van der Waals surface area contributed by atoms with Crippen LogP contribution >= 0.6 is 0 Å². The molecule has 2 N–H and O–H groups in total. The molecule has 60 valence electrons. The van der Waals surface area contributed by atoms with E-state index in [0.717, 1.165) is 0 Å². The molecule has 0 aliphatic carbocycles. The summed E-state index contributed by atoms with van der Waals surface area (Å²) in [4.78, 5) is 3.99.